The van der Waals surface area contributed by atoms with Gasteiger partial charge in [0.2, 0.25) is 0 Å². The normalized spacial score (nSPS) is 35.6. The van der Waals surface area contributed by atoms with Crippen molar-refractivity contribution in [2.45, 2.75) is 96.0 Å². The fourth-order valence-electron chi connectivity index (χ4n) is 5.72. The lowest BCUT2D eigenvalue weighted by atomic mass is 9.69. The molecule has 1 N–H and O–H groups in total. The highest BCUT2D eigenvalue weighted by Gasteiger charge is 2.59. The summed E-state index contributed by atoms with van der Waals surface area (Å²) in [5, 5.41) is 3.93. The maximum absolute atomic E-state index is 13.4. The zero-order valence-electron chi connectivity index (χ0n) is 17.2. The van der Waals surface area contributed by atoms with Gasteiger partial charge in [-0.1, -0.05) is 50.1 Å². The summed E-state index contributed by atoms with van der Waals surface area (Å²) in [6, 6.07) is 11.9. The Bertz CT molecular complexity index is 683. The lowest BCUT2D eigenvalue weighted by molar-refractivity contribution is -0.0354. The molecule has 27 heavy (non-hydrogen) atoms. The zero-order chi connectivity index (χ0) is 19.2. The lowest BCUT2D eigenvalue weighted by Gasteiger charge is -2.50. The van der Waals surface area contributed by atoms with Crippen molar-refractivity contribution in [3.05, 3.63) is 35.9 Å². The first-order valence-corrected chi connectivity index (χ1v) is 10.6. The van der Waals surface area contributed by atoms with Gasteiger partial charge in [0, 0.05) is 23.5 Å². The molecule has 0 aromatic heterocycles. The number of hydrogen-bond donors (Lipinski definition) is 1. The number of rotatable bonds is 2. The number of piperidine rings is 1. The number of nitrogens with zero attached hydrogens (tertiary/aromatic N) is 1. The van der Waals surface area contributed by atoms with Gasteiger partial charge in [0.05, 0.1) is 6.04 Å². The molecule has 2 saturated heterocycles. The summed E-state index contributed by atoms with van der Waals surface area (Å²) in [4.78, 5) is 15.5. The molecule has 0 spiro atoms. The van der Waals surface area contributed by atoms with Crippen LogP contribution >= 0.6 is 0 Å². The predicted octanol–water partition coefficient (Wildman–Crippen LogP) is 4.53. The molecule has 0 radical (unpaired) electrons. The number of ether oxygens (including phenoxy) is 1. The van der Waals surface area contributed by atoms with Gasteiger partial charge in [-0.2, -0.15) is 0 Å². The van der Waals surface area contributed by atoms with Gasteiger partial charge in [-0.05, 0) is 52.0 Å². The van der Waals surface area contributed by atoms with Crippen LogP contribution in [0, 0.1) is 5.41 Å². The Morgan fingerprint density at radius 2 is 1.93 bits per heavy atom. The topological polar surface area (TPSA) is 41.6 Å². The van der Waals surface area contributed by atoms with Crippen molar-refractivity contribution in [2.75, 3.05) is 0 Å². The quantitative estimate of drug-likeness (QED) is 0.832. The minimum atomic E-state index is -0.469. The van der Waals surface area contributed by atoms with Gasteiger partial charge in [0.15, 0.2) is 0 Å². The van der Waals surface area contributed by atoms with Crippen LogP contribution < -0.4 is 5.32 Å². The molecule has 1 saturated carbocycles. The number of nitrogens with one attached hydrogen (secondary N) is 1. The summed E-state index contributed by atoms with van der Waals surface area (Å²) in [6.45, 7) is 8.29. The average Bonchev–Trinajstić information content (AvgIpc) is 2.80. The molecule has 5 atom stereocenters. The number of carbonyl (C=O) groups is 1. The molecule has 3 fully saturated rings. The van der Waals surface area contributed by atoms with Crippen LogP contribution in [-0.2, 0) is 11.2 Å². The van der Waals surface area contributed by atoms with Gasteiger partial charge in [-0.3, -0.25) is 4.90 Å². The zero-order valence-corrected chi connectivity index (χ0v) is 17.2. The van der Waals surface area contributed by atoms with E-state index in [2.05, 4.69) is 47.5 Å². The van der Waals surface area contributed by atoms with Gasteiger partial charge in [-0.25, -0.2) is 4.79 Å². The summed E-state index contributed by atoms with van der Waals surface area (Å²) in [5.41, 5.74) is 0.981. The van der Waals surface area contributed by atoms with Crippen molar-refractivity contribution in [1.29, 1.82) is 0 Å². The van der Waals surface area contributed by atoms with Crippen LogP contribution in [0.5, 0.6) is 0 Å². The standard InChI is InChI=1S/C23H34N2O2/c1-22(2,3)27-21(26)25-18(14-16-10-6-5-7-11-16)17-15-23(4)19(24-17)12-8-9-13-20(23)25/h5-7,10-11,17-20,24H,8-9,12-15H2,1-4H3/t17-,18-,19+,20+,23-/m0/s1. The van der Waals surface area contributed by atoms with Gasteiger partial charge >= 0.3 is 6.09 Å². The molecule has 2 heterocycles. The summed E-state index contributed by atoms with van der Waals surface area (Å²) in [7, 11) is 0. The summed E-state index contributed by atoms with van der Waals surface area (Å²) >= 11 is 0. The highest BCUT2D eigenvalue weighted by molar-refractivity contribution is 5.70. The van der Waals surface area contributed by atoms with Gasteiger partial charge < -0.3 is 10.1 Å². The molecule has 2 bridgehead atoms. The summed E-state index contributed by atoms with van der Waals surface area (Å²) in [5.74, 6) is 0. The Morgan fingerprint density at radius 1 is 1.22 bits per heavy atom. The van der Waals surface area contributed by atoms with Crippen molar-refractivity contribution < 1.29 is 9.53 Å². The van der Waals surface area contributed by atoms with Crippen LogP contribution in [-0.4, -0.2) is 40.8 Å². The summed E-state index contributed by atoms with van der Waals surface area (Å²) < 4.78 is 5.91. The lowest BCUT2D eigenvalue weighted by Crippen LogP contribution is -2.62. The van der Waals surface area contributed by atoms with Crippen LogP contribution in [0.1, 0.15) is 65.4 Å². The van der Waals surface area contributed by atoms with E-state index in [1.54, 1.807) is 0 Å². The van der Waals surface area contributed by atoms with Crippen molar-refractivity contribution >= 4 is 6.09 Å². The smallest absolute Gasteiger partial charge is 0.410 e. The maximum Gasteiger partial charge on any atom is 0.410 e. The van der Waals surface area contributed by atoms with Crippen molar-refractivity contribution in [2.24, 2.45) is 5.41 Å². The third-order valence-corrected chi connectivity index (χ3v) is 6.90. The van der Waals surface area contributed by atoms with Crippen LogP contribution in [0.25, 0.3) is 0 Å². The fourth-order valence-corrected chi connectivity index (χ4v) is 5.72. The van der Waals surface area contributed by atoms with Crippen molar-refractivity contribution in [3.63, 3.8) is 0 Å². The van der Waals surface area contributed by atoms with E-state index in [0.717, 1.165) is 12.8 Å². The average molecular weight is 371 g/mol. The number of amides is 1. The Morgan fingerprint density at radius 3 is 2.63 bits per heavy atom. The molecule has 4 heteroatoms. The van der Waals surface area contributed by atoms with E-state index < -0.39 is 5.60 Å². The van der Waals surface area contributed by atoms with Crippen LogP contribution in [0.2, 0.25) is 0 Å². The van der Waals surface area contributed by atoms with Crippen LogP contribution in [0.3, 0.4) is 0 Å². The SMILES string of the molecule is CC(C)(C)OC(=O)N1[C@@H](Cc2ccccc2)[C@@H]2C[C@@]3(C)[C@@H](CCCC[C@@H]13)N2. The van der Waals surface area contributed by atoms with E-state index in [-0.39, 0.29) is 23.6 Å². The Kier molecular flexibility index (Phi) is 4.74. The molecule has 4 rings (SSSR count). The second-order valence-corrected chi connectivity index (χ2v) is 9.98. The minimum Gasteiger partial charge on any atom is -0.444 e. The molecule has 148 valence electrons. The molecule has 3 aliphatic rings. The third-order valence-electron chi connectivity index (χ3n) is 6.90. The number of likely N-dealkylation sites (tertiary alicyclic amines) is 1. The number of carbonyl (C=O) groups excluding carboxylic acids is 1. The minimum absolute atomic E-state index is 0.131. The van der Waals surface area contributed by atoms with Crippen LogP contribution in [0.15, 0.2) is 30.3 Å². The number of fused-ring (bicyclic) bond motifs is 1. The number of benzene rings is 1. The van der Waals surface area contributed by atoms with E-state index in [1.807, 2.05) is 20.8 Å². The molecule has 2 aliphatic heterocycles. The van der Waals surface area contributed by atoms with E-state index in [9.17, 15) is 4.79 Å². The first kappa shape index (κ1) is 18.8. The Hall–Kier alpha value is -1.55. The first-order chi connectivity index (χ1) is 12.8. The molecule has 1 amide bonds. The maximum atomic E-state index is 13.4. The molecule has 1 aromatic carbocycles. The monoisotopic (exact) mass is 370 g/mol. The molecule has 0 unspecified atom stereocenters. The van der Waals surface area contributed by atoms with Gasteiger partial charge in [-0.15, -0.1) is 0 Å². The van der Waals surface area contributed by atoms with E-state index >= 15 is 0 Å². The molecule has 1 aromatic rings. The highest BCUT2D eigenvalue weighted by atomic mass is 16.6. The Labute approximate surface area is 163 Å². The largest absolute Gasteiger partial charge is 0.444 e. The predicted molar refractivity (Wildman–Crippen MR) is 108 cm³/mol. The molecule has 1 aliphatic carbocycles. The number of hydrogen-bond acceptors (Lipinski definition) is 3. The van der Waals surface area contributed by atoms with Crippen molar-refractivity contribution in [1.82, 2.24) is 10.2 Å². The molecular formula is C23H34N2O2. The van der Waals surface area contributed by atoms with Gasteiger partial charge in [0.1, 0.15) is 5.60 Å². The second kappa shape index (κ2) is 6.80. The van der Waals surface area contributed by atoms with Crippen LogP contribution in [0.4, 0.5) is 4.79 Å². The highest BCUT2D eigenvalue weighted by Crippen LogP contribution is 2.51. The Balaban J connectivity index is 1.70. The van der Waals surface area contributed by atoms with Gasteiger partial charge in [0.25, 0.3) is 0 Å². The molecule has 4 nitrogen and oxygen atoms in total. The third kappa shape index (κ3) is 3.49. The summed E-state index contributed by atoms with van der Waals surface area (Å²) in [6.07, 6.45) is 6.68. The van der Waals surface area contributed by atoms with E-state index in [0.29, 0.717) is 12.1 Å². The second-order valence-electron chi connectivity index (χ2n) is 9.98. The fraction of sp³-hybridized carbons (Fsp3) is 0.696. The van der Waals surface area contributed by atoms with E-state index in [1.165, 1.54) is 31.2 Å². The first-order valence-electron chi connectivity index (χ1n) is 10.6. The molecular weight excluding hydrogens is 336 g/mol. The van der Waals surface area contributed by atoms with Crippen molar-refractivity contribution in [3.8, 4) is 0 Å². The van der Waals surface area contributed by atoms with E-state index in [4.69, 9.17) is 4.74 Å².